The summed E-state index contributed by atoms with van der Waals surface area (Å²) in [6.45, 7) is 1.98. The van der Waals surface area contributed by atoms with Gasteiger partial charge in [-0.05, 0) is 18.2 Å². The lowest BCUT2D eigenvalue weighted by molar-refractivity contribution is -0.118. The first-order valence-electron chi connectivity index (χ1n) is 7.84. The van der Waals surface area contributed by atoms with Crippen LogP contribution in [0.3, 0.4) is 0 Å². The van der Waals surface area contributed by atoms with Crippen LogP contribution in [-0.2, 0) is 4.79 Å². The molecule has 0 heterocycles. The highest BCUT2D eigenvalue weighted by Crippen LogP contribution is 2.27. The number of rotatable bonds is 4. The highest BCUT2D eigenvalue weighted by molar-refractivity contribution is 6.28. The fraction of sp³-hybridized carbons (Fsp3) is 0.158. The van der Waals surface area contributed by atoms with Gasteiger partial charge in [-0.15, -0.1) is 0 Å². The lowest BCUT2D eigenvalue weighted by Crippen LogP contribution is -2.33. The van der Waals surface area contributed by atoms with Crippen molar-refractivity contribution in [1.82, 2.24) is 10.6 Å². The van der Waals surface area contributed by atoms with Crippen LogP contribution >= 0.6 is 0 Å². The minimum Gasteiger partial charge on any atom is -0.355 e. The van der Waals surface area contributed by atoms with Crippen LogP contribution < -0.4 is 10.6 Å². The molecule has 0 spiro atoms. The third-order valence-corrected chi connectivity index (χ3v) is 3.97. The topological polar surface area (TPSA) is 92.3 Å². The molecule has 0 aromatic heterocycles. The maximum atomic E-state index is 12.6. The normalized spacial score (nSPS) is 12.2. The van der Waals surface area contributed by atoms with Crippen molar-refractivity contribution < 1.29 is 19.2 Å². The first-order valence-corrected chi connectivity index (χ1v) is 7.84. The smallest absolute Gasteiger partial charge is 0.251 e. The Balaban J connectivity index is 1.82. The largest absolute Gasteiger partial charge is 0.355 e. The molecular weight excluding hydrogens is 320 g/mol. The van der Waals surface area contributed by atoms with E-state index in [-0.39, 0.29) is 35.5 Å². The van der Waals surface area contributed by atoms with Gasteiger partial charge in [0.1, 0.15) is 0 Å². The van der Waals surface area contributed by atoms with Gasteiger partial charge in [0.05, 0.1) is 0 Å². The second-order valence-corrected chi connectivity index (χ2v) is 5.70. The molecule has 0 unspecified atom stereocenters. The van der Waals surface area contributed by atoms with Crippen molar-refractivity contribution in [1.29, 1.82) is 0 Å². The predicted molar refractivity (Wildman–Crippen MR) is 90.8 cm³/mol. The molecule has 0 radical (unpaired) electrons. The fourth-order valence-corrected chi connectivity index (χ4v) is 2.76. The third-order valence-electron chi connectivity index (χ3n) is 3.97. The molecule has 0 saturated carbocycles. The Morgan fingerprint density at radius 2 is 1.36 bits per heavy atom. The Labute approximate surface area is 144 Å². The monoisotopic (exact) mass is 336 g/mol. The maximum Gasteiger partial charge on any atom is 0.251 e. The Bertz CT molecular complexity index is 902. The fourth-order valence-electron chi connectivity index (χ4n) is 2.76. The first-order chi connectivity index (χ1) is 12.0. The lowest BCUT2D eigenvalue weighted by atomic mass is 9.83. The molecule has 1 aliphatic carbocycles. The summed E-state index contributed by atoms with van der Waals surface area (Å²) in [5.74, 6) is -1.03. The van der Waals surface area contributed by atoms with Gasteiger partial charge in [0.25, 0.3) is 5.91 Å². The Morgan fingerprint density at radius 3 is 2.00 bits per heavy atom. The van der Waals surface area contributed by atoms with Crippen molar-refractivity contribution in [2.24, 2.45) is 0 Å². The van der Waals surface area contributed by atoms with Crippen LogP contribution in [0.2, 0.25) is 0 Å². The highest BCUT2D eigenvalue weighted by Gasteiger charge is 2.29. The van der Waals surface area contributed by atoms with Gasteiger partial charge >= 0.3 is 0 Å². The summed E-state index contributed by atoms with van der Waals surface area (Å²) in [5.41, 5.74) is 1.56. The summed E-state index contributed by atoms with van der Waals surface area (Å²) >= 11 is 0. The van der Waals surface area contributed by atoms with Crippen molar-refractivity contribution >= 4 is 23.4 Å². The summed E-state index contributed by atoms with van der Waals surface area (Å²) in [6.07, 6.45) is 0. The average Bonchev–Trinajstić information content (AvgIpc) is 2.62. The Hall–Kier alpha value is -3.28. The Kier molecular flexibility index (Phi) is 4.43. The van der Waals surface area contributed by atoms with Gasteiger partial charge in [-0.3, -0.25) is 19.2 Å². The van der Waals surface area contributed by atoms with Crippen molar-refractivity contribution in [2.75, 3.05) is 13.1 Å². The number of hydrogen-bond donors (Lipinski definition) is 2. The van der Waals surface area contributed by atoms with E-state index in [4.69, 9.17) is 0 Å². The van der Waals surface area contributed by atoms with Gasteiger partial charge in [0.2, 0.25) is 5.91 Å². The second kappa shape index (κ2) is 6.68. The van der Waals surface area contributed by atoms with E-state index >= 15 is 0 Å². The van der Waals surface area contributed by atoms with Gasteiger partial charge in [-0.1, -0.05) is 24.3 Å². The molecule has 6 heteroatoms. The summed E-state index contributed by atoms with van der Waals surface area (Å²) in [6, 6.07) is 11.1. The van der Waals surface area contributed by atoms with E-state index in [0.717, 1.165) is 0 Å². The van der Waals surface area contributed by atoms with E-state index in [1.54, 1.807) is 24.3 Å². The summed E-state index contributed by atoms with van der Waals surface area (Å²) in [7, 11) is 0. The van der Waals surface area contributed by atoms with Crippen molar-refractivity contribution in [3.05, 3.63) is 70.3 Å². The van der Waals surface area contributed by atoms with Crippen LogP contribution in [0.1, 0.15) is 49.1 Å². The molecule has 2 aromatic carbocycles. The van der Waals surface area contributed by atoms with Crippen LogP contribution in [0.15, 0.2) is 42.5 Å². The first kappa shape index (κ1) is 16.6. The molecule has 0 aliphatic heterocycles. The van der Waals surface area contributed by atoms with Crippen LogP contribution in [0, 0.1) is 0 Å². The number of hydrogen-bond acceptors (Lipinski definition) is 4. The third kappa shape index (κ3) is 3.19. The molecule has 0 atom stereocenters. The van der Waals surface area contributed by atoms with E-state index in [9.17, 15) is 19.2 Å². The average molecular weight is 336 g/mol. The molecular formula is C19H16N2O4. The minimum absolute atomic E-state index is 0.175. The van der Waals surface area contributed by atoms with Gasteiger partial charge < -0.3 is 10.6 Å². The molecule has 25 heavy (non-hydrogen) atoms. The molecule has 126 valence electrons. The number of carbonyl (C=O) groups excluding carboxylic acids is 4. The van der Waals surface area contributed by atoms with E-state index in [2.05, 4.69) is 10.6 Å². The summed E-state index contributed by atoms with van der Waals surface area (Å²) < 4.78 is 0. The number of ketones is 2. The number of fused-ring (bicyclic) bond motifs is 2. The van der Waals surface area contributed by atoms with Crippen LogP contribution in [0.5, 0.6) is 0 Å². The van der Waals surface area contributed by atoms with Crippen LogP contribution in [-0.4, -0.2) is 36.5 Å². The molecule has 6 nitrogen and oxygen atoms in total. The number of amides is 2. The van der Waals surface area contributed by atoms with Gasteiger partial charge in [-0.2, -0.15) is 0 Å². The lowest BCUT2D eigenvalue weighted by Gasteiger charge is -2.18. The van der Waals surface area contributed by atoms with E-state index in [1.807, 2.05) is 0 Å². The maximum absolute atomic E-state index is 12.6. The van der Waals surface area contributed by atoms with Crippen LogP contribution in [0.25, 0.3) is 0 Å². The molecule has 2 N–H and O–H groups in total. The zero-order chi connectivity index (χ0) is 18.0. The van der Waals surface area contributed by atoms with Gasteiger partial charge in [0.15, 0.2) is 11.6 Å². The quantitative estimate of drug-likeness (QED) is 0.703. The van der Waals surface area contributed by atoms with E-state index in [0.29, 0.717) is 28.8 Å². The van der Waals surface area contributed by atoms with Crippen molar-refractivity contribution in [3.8, 4) is 0 Å². The van der Waals surface area contributed by atoms with Crippen molar-refractivity contribution in [2.45, 2.75) is 6.92 Å². The molecule has 2 amide bonds. The molecule has 0 saturated heterocycles. The highest BCUT2D eigenvalue weighted by atomic mass is 16.2. The minimum atomic E-state index is -0.368. The Morgan fingerprint density at radius 1 is 0.800 bits per heavy atom. The van der Waals surface area contributed by atoms with Gasteiger partial charge in [-0.25, -0.2) is 0 Å². The zero-order valence-corrected chi connectivity index (χ0v) is 13.6. The summed E-state index contributed by atoms with van der Waals surface area (Å²) in [5, 5.41) is 5.23. The number of carbonyl (C=O) groups is 4. The van der Waals surface area contributed by atoms with Crippen molar-refractivity contribution in [3.63, 3.8) is 0 Å². The predicted octanol–water partition coefficient (Wildman–Crippen LogP) is 1.33. The SMILES string of the molecule is CC(=O)NCCNC(=O)c1ccc2c(c1)C(=O)c1ccccc1C2=O. The molecule has 0 bridgehead atoms. The number of benzene rings is 2. The zero-order valence-electron chi connectivity index (χ0n) is 13.6. The molecule has 0 fully saturated rings. The van der Waals surface area contributed by atoms with E-state index < -0.39 is 0 Å². The molecule has 1 aliphatic rings. The second-order valence-electron chi connectivity index (χ2n) is 5.70. The summed E-state index contributed by atoms with van der Waals surface area (Å²) in [4.78, 5) is 48.1. The standard InChI is InChI=1S/C19H16N2O4/c1-11(22)20-8-9-21-19(25)12-6-7-15-16(10-12)18(24)14-5-3-2-4-13(14)17(15)23/h2-7,10H,8-9H2,1H3,(H,20,22)(H,21,25). The number of nitrogens with one attached hydrogen (secondary N) is 2. The van der Waals surface area contributed by atoms with E-state index in [1.165, 1.54) is 25.1 Å². The van der Waals surface area contributed by atoms with Gasteiger partial charge in [0, 0.05) is 47.8 Å². The molecule has 2 aromatic rings. The van der Waals surface area contributed by atoms with Crippen LogP contribution in [0.4, 0.5) is 0 Å². The molecule has 3 rings (SSSR count).